The lowest BCUT2D eigenvalue weighted by Crippen LogP contribution is -3.00. The third-order valence-electron chi connectivity index (χ3n) is 15.0. The van der Waals surface area contributed by atoms with Crippen LogP contribution in [-0.2, 0) is 44.7 Å². The molecule has 0 spiro atoms. The van der Waals surface area contributed by atoms with Crippen molar-refractivity contribution in [2.24, 2.45) is 0 Å². The Balaban J connectivity index is 0.00000624. The fourth-order valence-corrected chi connectivity index (χ4v) is 10.9. The van der Waals surface area contributed by atoms with E-state index in [2.05, 4.69) is 38.4 Å². The SMILES string of the molecule is COc1cc2c(cc1OC)[C@@H](Cc1cc(OC)c(OC)c(OC)c1)[N+](C)(CCCOC(=O)/C=C/CCCCC(=O)OCCC[N+]1(C)CCc3cc(OC)c(OC)cc3[C@H]1Cc1cc(OC)c(OC)c(OC)c1)CC2.[Cl-].[Cl-]. The summed E-state index contributed by atoms with van der Waals surface area (Å²) in [6.45, 7) is 3.99. The van der Waals surface area contributed by atoms with Gasteiger partial charge in [-0.1, -0.05) is 6.08 Å². The van der Waals surface area contributed by atoms with Crippen molar-refractivity contribution in [2.45, 2.75) is 76.3 Å². The molecule has 4 aromatic rings. The molecule has 2 heterocycles. The topological polar surface area (TPSA) is 145 Å². The highest BCUT2D eigenvalue weighted by Gasteiger charge is 2.42. The first kappa shape index (κ1) is 62.6. The molecular formula is C58H80Cl2N2O14. The van der Waals surface area contributed by atoms with Gasteiger partial charge in [0.15, 0.2) is 46.0 Å². The number of benzene rings is 4. The molecule has 6 rings (SSSR count). The zero-order chi connectivity index (χ0) is 53.4. The van der Waals surface area contributed by atoms with Crippen LogP contribution in [0.5, 0.6) is 57.5 Å². The number of quaternary nitrogens is 2. The summed E-state index contributed by atoms with van der Waals surface area (Å²) >= 11 is 0. The van der Waals surface area contributed by atoms with Crippen LogP contribution >= 0.6 is 0 Å². The van der Waals surface area contributed by atoms with Gasteiger partial charge in [-0.15, -0.1) is 0 Å². The van der Waals surface area contributed by atoms with Crippen LogP contribution in [0.2, 0.25) is 0 Å². The van der Waals surface area contributed by atoms with Crippen molar-refractivity contribution >= 4 is 11.9 Å². The van der Waals surface area contributed by atoms with Crippen LogP contribution in [0.3, 0.4) is 0 Å². The van der Waals surface area contributed by atoms with Crippen molar-refractivity contribution in [1.82, 2.24) is 0 Å². The van der Waals surface area contributed by atoms with E-state index in [0.29, 0.717) is 116 Å². The summed E-state index contributed by atoms with van der Waals surface area (Å²) in [4.78, 5) is 25.7. The lowest BCUT2D eigenvalue weighted by atomic mass is 9.86. The highest BCUT2D eigenvalue weighted by atomic mass is 35.5. The number of hydrogen-bond donors (Lipinski definition) is 0. The maximum atomic E-state index is 12.9. The van der Waals surface area contributed by atoms with Gasteiger partial charge in [-0.3, -0.25) is 4.79 Å². The summed E-state index contributed by atoms with van der Waals surface area (Å²) in [5.74, 6) is 5.71. The van der Waals surface area contributed by atoms with Gasteiger partial charge < -0.3 is 90.6 Å². The van der Waals surface area contributed by atoms with E-state index in [4.69, 9.17) is 56.8 Å². The minimum absolute atomic E-state index is 0. The Hall–Kier alpha value is -5.94. The van der Waals surface area contributed by atoms with Crippen LogP contribution in [0.15, 0.2) is 60.7 Å². The van der Waals surface area contributed by atoms with E-state index in [-0.39, 0.29) is 48.8 Å². The molecule has 2 unspecified atom stereocenters. The summed E-state index contributed by atoms with van der Waals surface area (Å²) in [6, 6.07) is 16.5. The van der Waals surface area contributed by atoms with E-state index in [9.17, 15) is 9.59 Å². The molecule has 76 heavy (non-hydrogen) atoms. The maximum Gasteiger partial charge on any atom is 0.330 e. The third-order valence-corrected chi connectivity index (χ3v) is 15.0. The zero-order valence-corrected chi connectivity index (χ0v) is 48.1. The van der Waals surface area contributed by atoms with E-state index in [0.717, 1.165) is 65.5 Å². The highest BCUT2D eigenvalue weighted by molar-refractivity contribution is 5.81. The van der Waals surface area contributed by atoms with Gasteiger partial charge in [-0.2, -0.15) is 0 Å². The number of hydrogen-bond acceptors (Lipinski definition) is 14. The highest BCUT2D eigenvalue weighted by Crippen LogP contribution is 2.47. The molecule has 0 N–H and O–H groups in total. The molecule has 0 amide bonds. The molecule has 0 saturated carbocycles. The van der Waals surface area contributed by atoms with Gasteiger partial charge in [-0.25, -0.2) is 4.79 Å². The van der Waals surface area contributed by atoms with E-state index in [1.807, 2.05) is 30.3 Å². The molecule has 2 aliphatic heterocycles. The predicted molar refractivity (Wildman–Crippen MR) is 282 cm³/mol. The summed E-state index contributed by atoms with van der Waals surface area (Å²) in [7, 11) is 20.9. The second kappa shape index (κ2) is 29.5. The normalized spacial score (nSPS) is 18.4. The lowest BCUT2D eigenvalue weighted by molar-refractivity contribution is -0.941. The third kappa shape index (κ3) is 15.0. The van der Waals surface area contributed by atoms with Crippen molar-refractivity contribution in [3.05, 3.63) is 94.1 Å². The van der Waals surface area contributed by atoms with Gasteiger partial charge in [0, 0.05) is 62.1 Å². The Morgan fingerprint density at radius 3 is 1.25 bits per heavy atom. The fraction of sp³-hybridized carbons (Fsp3) is 0.517. The van der Waals surface area contributed by atoms with Crippen molar-refractivity contribution in [3.63, 3.8) is 0 Å². The second-order valence-corrected chi connectivity index (χ2v) is 19.4. The molecule has 4 aromatic carbocycles. The molecule has 4 atom stereocenters. The number of halogens is 2. The summed E-state index contributed by atoms with van der Waals surface area (Å²) in [6.07, 6.45) is 10.2. The average molecular weight is 1100 g/mol. The number of methoxy groups -OCH3 is 10. The number of likely N-dealkylation sites (N-methyl/N-ethyl adjacent to an activating group) is 2. The van der Waals surface area contributed by atoms with E-state index < -0.39 is 0 Å². The Morgan fingerprint density at radius 2 is 0.868 bits per heavy atom. The van der Waals surface area contributed by atoms with Crippen molar-refractivity contribution in [3.8, 4) is 57.5 Å². The largest absolute Gasteiger partial charge is 1.00 e. The molecule has 0 radical (unpaired) electrons. The van der Waals surface area contributed by atoms with Crippen LogP contribution in [0.25, 0.3) is 0 Å². The molecule has 18 heteroatoms. The standard InChI is InChI=1S/C58H80N2O14.2ClH/c1-59(25-21-41-35-47(63-3)49(65-5)37-43(41)45(59)29-39-31-51(67-7)57(71-11)52(32-39)68-8)23-17-27-73-55(61)19-15-13-14-16-20-56(62)74-28-18-24-60(2)26-22-42-36-48(64-4)50(66-6)38-44(42)46(60)30-40-33-53(69-9)58(72-12)54(34-40)70-10;;/h15,19,31-38,45-46H,13-14,16-18,20-30H2,1-12H3;2*1H/q+2;;/p-2/b19-15+;;/t45-,46-,59?,60?;;/m1../s1. The van der Waals surface area contributed by atoms with E-state index in [1.54, 1.807) is 71.1 Å². The monoisotopic (exact) mass is 1100 g/mol. The predicted octanol–water partition coefficient (Wildman–Crippen LogP) is 3.04. The average Bonchev–Trinajstić information content (AvgIpc) is 3.42. The number of nitrogens with zero attached hydrogens (tertiary/aromatic N) is 2. The minimum Gasteiger partial charge on any atom is -1.00 e. The van der Waals surface area contributed by atoms with E-state index >= 15 is 0 Å². The molecule has 0 aliphatic carbocycles. The number of ether oxygens (including phenoxy) is 12. The molecule has 0 saturated heterocycles. The summed E-state index contributed by atoms with van der Waals surface area (Å²) in [5.41, 5.74) is 6.93. The minimum atomic E-state index is -0.375. The van der Waals surface area contributed by atoms with Gasteiger partial charge in [0.2, 0.25) is 11.5 Å². The van der Waals surface area contributed by atoms with Crippen molar-refractivity contribution in [1.29, 1.82) is 0 Å². The van der Waals surface area contributed by atoms with Crippen LogP contribution in [0.1, 0.15) is 84.0 Å². The number of esters is 2. The molecular weight excluding hydrogens is 1020 g/mol. The molecule has 420 valence electrons. The summed E-state index contributed by atoms with van der Waals surface area (Å²) < 4.78 is 69.8. The van der Waals surface area contributed by atoms with Crippen LogP contribution in [0, 0.1) is 0 Å². The number of unbranched alkanes of at least 4 members (excludes halogenated alkanes) is 2. The number of carbonyl (C=O) groups is 2. The molecule has 0 aromatic heterocycles. The number of allylic oxidation sites excluding steroid dienone is 1. The fourth-order valence-electron chi connectivity index (χ4n) is 10.9. The van der Waals surface area contributed by atoms with Crippen LogP contribution in [-0.4, -0.2) is 145 Å². The number of fused-ring (bicyclic) bond motifs is 2. The van der Waals surface area contributed by atoms with Gasteiger partial charge in [0.05, 0.1) is 125 Å². The first-order valence-electron chi connectivity index (χ1n) is 25.5. The van der Waals surface area contributed by atoms with Crippen molar-refractivity contribution in [2.75, 3.05) is 125 Å². The molecule has 0 fully saturated rings. The summed E-state index contributed by atoms with van der Waals surface area (Å²) in [5, 5.41) is 0. The zero-order valence-electron chi connectivity index (χ0n) is 46.6. The quantitative estimate of drug-likeness (QED) is 0.0356. The Kier molecular flexibility index (Phi) is 24.3. The van der Waals surface area contributed by atoms with Gasteiger partial charge in [0.25, 0.3) is 0 Å². The Labute approximate surface area is 462 Å². The van der Waals surface area contributed by atoms with Gasteiger partial charge in [0.1, 0.15) is 12.1 Å². The van der Waals surface area contributed by atoms with Gasteiger partial charge >= 0.3 is 11.9 Å². The molecule has 16 nitrogen and oxygen atoms in total. The first-order valence-corrected chi connectivity index (χ1v) is 25.5. The Morgan fingerprint density at radius 1 is 0.487 bits per heavy atom. The number of rotatable bonds is 28. The molecule has 2 aliphatic rings. The maximum absolute atomic E-state index is 12.9. The van der Waals surface area contributed by atoms with Crippen LogP contribution < -0.4 is 72.2 Å². The van der Waals surface area contributed by atoms with Gasteiger partial charge in [-0.05, 0) is 90.0 Å². The number of carbonyl (C=O) groups excluding carboxylic acids is 2. The van der Waals surface area contributed by atoms with Crippen LogP contribution in [0.4, 0.5) is 0 Å². The smallest absolute Gasteiger partial charge is 0.330 e. The lowest BCUT2D eigenvalue weighted by Gasteiger charge is -2.46. The van der Waals surface area contributed by atoms with E-state index in [1.165, 1.54) is 28.3 Å². The Bertz CT molecular complexity index is 2530. The first-order chi connectivity index (χ1) is 35.7. The second-order valence-electron chi connectivity index (χ2n) is 19.4. The van der Waals surface area contributed by atoms with Crippen molar-refractivity contribution < 1.29 is 100 Å². The molecule has 0 bridgehead atoms.